The highest BCUT2D eigenvalue weighted by atomic mass is 16.3. The lowest BCUT2D eigenvalue weighted by Crippen LogP contribution is -2.51. The van der Waals surface area contributed by atoms with Crippen LogP contribution in [-0.2, 0) is 0 Å². The van der Waals surface area contributed by atoms with Gasteiger partial charge < -0.3 is 10.8 Å². The summed E-state index contributed by atoms with van der Waals surface area (Å²) in [6, 6.07) is 7.76. The zero-order valence-electron chi connectivity index (χ0n) is 9.80. The minimum Gasteiger partial charge on any atom is -0.399 e. The molecule has 1 fully saturated rings. The van der Waals surface area contributed by atoms with Crippen molar-refractivity contribution in [2.24, 2.45) is 0 Å². The highest BCUT2D eigenvalue weighted by molar-refractivity contribution is 5.40. The molecule has 1 aliphatic rings. The third kappa shape index (κ3) is 2.04. The van der Waals surface area contributed by atoms with Crippen LogP contribution in [0.5, 0.6) is 0 Å². The Morgan fingerprint density at radius 2 is 1.69 bits per heavy atom. The molecule has 2 atom stereocenters. The lowest BCUT2D eigenvalue weighted by atomic mass is 10.0. The van der Waals surface area contributed by atoms with Crippen molar-refractivity contribution in [3.63, 3.8) is 0 Å². The van der Waals surface area contributed by atoms with Crippen molar-refractivity contribution in [2.45, 2.75) is 12.3 Å². The van der Waals surface area contributed by atoms with E-state index < -0.39 is 6.23 Å². The third-order valence-electron chi connectivity index (χ3n) is 3.29. The van der Waals surface area contributed by atoms with E-state index in [1.165, 1.54) is 0 Å². The highest BCUT2D eigenvalue weighted by Gasteiger charge is 2.32. The van der Waals surface area contributed by atoms with E-state index in [1.807, 2.05) is 43.3 Å². The number of rotatable bonds is 1. The average Bonchev–Trinajstić information content (AvgIpc) is 2.27. The Morgan fingerprint density at radius 3 is 2.31 bits per heavy atom. The summed E-state index contributed by atoms with van der Waals surface area (Å²) in [5.41, 5.74) is 7.53. The lowest BCUT2D eigenvalue weighted by Gasteiger charge is -2.42. The van der Waals surface area contributed by atoms with E-state index in [4.69, 9.17) is 5.73 Å². The fraction of sp³-hybridized carbons (Fsp3) is 0.500. The maximum atomic E-state index is 10.2. The van der Waals surface area contributed by atoms with Crippen LogP contribution < -0.4 is 5.73 Å². The van der Waals surface area contributed by atoms with Crippen LogP contribution in [0.1, 0.15) is 11.6 Å². The molecule has 1 aromatic rings. The SMILES string of the molecule is CN1CCN(C)[C@@H](O)C1c1ccc(N)cc1. The van der Waals surface area contributed by atoms with E-state index in [-0.39, 0.29) is 6.04 Å². The number of hydrogen-bond acceptors (Lipinski definition) is 4. The van der Waals surface area contributed by atoms with Crippen molar-refractivity contribution in [1.82, 2.24) is 9.80 Å². The standard InChI is InChI=1S/C12H19N3O/c1-14-7-8-15(2)12(16)11(14)9-3-5-10(13)6-4-9/h3-6,11-12,16H,7-8,13H2,1-2H3/t11?,12-/m0/s1. The van der Waals surface area contributed by atoms with Gasteiger partial charge in [-0.25, -0.2) is 0 Å². The molecule has 1 saturated heterocycles. The number of likely N-dealkylation sites (N-methyl/N-ethyl adjacent to an activating group) is 2. The molecule has 88 valence electrons. The highest BCUT2D eigenvalue weighted by Crippen LogP contribution is 2.28. The van der Waals surface area contributed by atoms with Gasteiger partial charge in [0.2, 0.25) is 0 Å². The van der Waals surface area contributed by atoms with E-state index in [0.717, 1.165) is 24.3 Å². The summed E-state index contributed by atoms with van der Waals surface area (Å²) in [7, 11) is 3.99. The fourth-order valence-corrected chi connectivity index (χ4v) is 2.18. The molecule has 0 radical (unpaired) electrons. The zero-order chi connectivity index (χ0) is 11.7. The molecule has 0 saturated carbocycles. The molecule has 4 heteroatoms. The summed E-state index contributed by atoms with van der Waals surface area (Å²) in [6.45, 7) is 1.85. The molecule has 1 unspecified atom stereocenters. The van der Waals surface area contributed by atoms with Crippen LogP contribution >= 0.6 is 0 Å². The molecule has 0 spiro atoms. The Bertz CT molecular complexity index is 352. The van der Waals surface area contributed by atoms with Gasteiger partial charge in [0.05, 0.1) is 6.04 Å². The van der Waals surface area contributed by atoms with Crippen LogP contribution in [0, 0.1) is 0 Å². The normalized spacial score (nSPS) is 28.2. The first-order valence-corrected chi connectivity index (χ1v) is 5.53. The predicted octanol–water partition coefficient (Wildman–Crippen LogP) is 0.505. The number of benzene rings is 1. The molecule has 1 aromatic carbocycles. The number of aliphatic hydroxyl groups excluding tert-OH is 1. The smallest absolute Gasteiger partial charge is 0.127 e. The molecule has 0 amide bonds. The summed E-state index contributed by atoms with van der Waals surface area (Å²) in [5, 5.41) is 10.2. The number of hydrogen-bond donors (Lipinski definition) is 2. The molecular formula is C12H19N3O. The molecule has 16 heavy (non-hydrogen) atoms. The maximum absolute atomic E-state index is 10.2. The van der Waals surface area contributed by atoms with E-state index in [0.29, 0.717) is 0 Å². The monoisotopic (exact) mass is 221 g/mol. The number of anilines is 1. The number of nitrogen functional groups attached to an aromatic ring is 1. The van der Waals surface area contributed by atoms with Gasteiger partial charge in [0.25, 0.3) is 0 Å². The first-order valence-electron chi connectivity index (χ1n) is 5.53. The fourth-order valence-electron chi connectivity index (χ4n) is 2.18. The second kappa shape index (κ2) is 4.41. The quantitative estimate of drug-likeness (QED) is 0.678. The molecule has 4 nitrogen and oxygen atoms in total. The van der Waals surface area contributed by atoms with E-state index in [9.17, 15) is 5.11 Å². The van der Waals surface area contributed by atoms with Crippen LogP contribution in [0.4, 0.5) is 5.69 Å². The Labute approximate surface area is 96.3 Å². The summed E-state index contributed by atoms with van der Waals surface area (Å²) in [5.74, 6) is 0. The second-order valence-corrected chi connectivity index (χ2v) is 4.49. The van der Waals surface area contributed by atoms with Gasteiger partial charge in [-0.1, -0.05) is 12.1 Å². The first-order chi connectivity index (χ1) is 7.59. The zero-order valence-corrected chi connectivity index (χ0v) is 9.80. The topological polar surface area (TPSA) is 52.7 Å². The van der Waals surface area contributed by atoms with Gasteiger partial charge in [-0.2, -0.15) is 0 Å². The summed E-state index contributed by atoms with van der Waals surface area (Å²) >= 11 is 0. The summed E-state index contributed by atoms with van der Waals surface area (Å²) in [6.07, 6.45) is -0.456. The maximum Gasteiger partial charge on any atom is 0.127 e. The molecule has 0 aromatic heterocycles. The molecular weight excluding hydrogens is 202 g/mol. The van der Waals surface area contributed by atoms with Gasteiger partial charge in [-0.05, 0) is 31.8 Å². The number of nitrogens with zero attached hydrogens (tertiary/aromatic N) is 2. The number of piperazine rings is 1. The van der Waals surface area contributed by atoms with Crippen molar-refractivity contribution < 1.29 is 5.11 Å². The van der Waals surface area contributed by atoms with Crippen LogP contribution in [0.2, 0.25) is 0 Å². The minimum absolute atomic E-state index is 0.0272. The minimum atomic E-state index is -0.456. The first kappa shape index (κ1) is 11.4. The van der Waals surface area contributed by atoms with Crippen molar-refractivity contribution in [1.29, 1.82) is 0 Å². The van der Waals surface area contributed by atoms with Crippen LogP contribution in [0.15, 0.2) is 24.3 Å². The molecule has 0 aliphatic carbocycles. The second-order valence-electron chi connectivity index (χ2n) is 4.49. The van der Waals surface area contributed by atoms with Gasteiger partial charge in [0.1, 0.15) is 6.23 Å². The van der Waals surface area contributed by atoms with Crippen LogP contribution in [0.25, 0.3) is 0 Å². The van der Waals surface area contributed by atoms with Gasteiger partial charge in [0, 0.05) is 18.8 Å². The Balaban J connectivity index is 2.26. The van der Waals surface area contributed by atoms with E-state index >= 15 is 0 Å². The average molecular weight is 221 g/mol. The van der Waals surface area contributed by atoms with Crippen molar-refractivity contribution in [3.05, 3.63) is 29.8 Å². The van der Waals surface area contributed by atoms with Crippen molar-refractivity contribution in [3.8, 4) is 0 Å². The molecule has 2 rings (SSSR count). The van der Waals surface area contributed by atoms with Gasteiger partial charge in [-0.15, -0.1) is 0 Å². The third-order valence-corrected chi connectivity index (χ3v) is 3.29. The van der Waals surface area contributed by atoms with Crippen LogP contribution in [-0.4, -0.2) is 48.3 Å². The molecule has 1 heterocycles. The van der Waals surface area contributed by atoms with Gasteiger partial charge in [0.15, 0.2) is 0 Å². The van der Waals surface area contributed by atoms with Gasteiger partial charge in [-0.3, -0.25) is 9.80 Å². The molecule has 0 bridgehead atoms. The van der Waals surface area contributed by atoms with Gasteiger partial charge >= 0.3 is 0 Å². The van der Waals surface area contributed by atoms with Crippen molar-refractivity contribution in [2.75, 3.05) is 32.9 Å². The van der Waals surface area contributed by atoms with E-state index in [1.54, 1.807) is 0 Å². The Kier molecular flexibility index (Phi) is 3.14. The Hall–Kier alpha value is -1.10. The number of nitrogens with two attached hydrogens (primary N) is 1. The molecule has 3 N–H and O–H groups in total. The van der Waals surface area contributed by atoms with Crippen molar-refractivity contribution >= 4 is 5.69 Å². The molecule has 1 aliphatic heterocycles. The number of aliphatic hydroxyl groups is 1. The predicted molar refractivity (Wildman–Crippen MR) is 64.9 cm³/mol. The summed E-state index contributed by atoms with van der Waals surface area (Å²) in [4.78, 5) is 4.15. The largest absolute Gasteiger partial charge is 0.399 e. The Morgan fingerprint density at radius 1 is 1.12 bits per heavy atom. The summed E-state index contributed by atoms with van der Waals surface area (Å²) < 4.78 is 0. The van der Waals surface area contributed by atoms with Crippen LogP contribution in [0.3, 0.4) is 0 Å². The lowest BCUT2D eigenvalue weighted by molar-refractivity contribution is -0.0788. The van der Waals surface area contributed by atoms with E-state index in [2.05, 4.69) is 4.90 Å².